The van der Waals surface area contributed by atoms with E-state index in [1.54, 1.807) is 16.4 Å². The molecule has 0 spiro atoms. The summed E-state index contributed by atoms with van der Waals surface area (Å²) in [5.74, 6) is -0.660. The molecule has 0 radical (unpaired) electrons. The van der Waals surface area contributed by atoms with Gasteiger partial charge >= 0.3 is 0 Å². The highest BCUT2D eigenvalue weighted by Gasteiger charge is 2.22. The van der Waals surface area contributed by atoms with Crippen LogP contribution in [-0.2, 0) is 21.1 Å². The highest BCUT2D eigenvalue weighted by Crippen LogP contribution is 2.18. The molecule has 0 unspecified atom stereocenters. The molecule has 0 saturated carbocycles. The number of carbonyl (C=O) groups is 2. The summed E-state index contributed by atoms with van der Waals surface area (Å²) in [5.41, 5.74) is 4.06. The van der Waals surface area contributed by atoms with E-state index in [1.165, 1.54) is 10.7 Å². The van der Waals surface area contributed by atoms with Crippen LogP contribution in [0.4, 0.5) is 0 Å². The van der Waals surface area contributed by atoms with Gasteiger partial charge in [-0.15, -0.1) is 0 Å². The largest absolute Gasteiger partial charge is 0.344 e. The first-order chi connectivity index (χ1) is 14.1. The molecule has 0 saturated heterocycles. The van der Waals surface area contributed by atoms with Gasteiger partial charge in [0.1, 0.15) is 5.69 Å². The molecular weight excluding hydrogens is 384 g/mol. The van der Waals surface area contributed by atoms with Crippen LogP contribution < -0.4 is 10.6 Å². The maximum absolute atomic E-state index is 12.8. The maximum atomic E-state index is 12.8. The second-order valence-corrected chi connectivity index (χ2v) is 7.62. The summed E-state index contributed by atoms with van der Waals surface area (Å²) in [4.78, 5) is 25.4. The van der Waals surface area contributed by atoms with E-state index in [1.807, 2.05) is 54.2 Å². The first-order valence-electron chi connectivity index (χ1n) is 9.72. The molecule has 0 aliphatic rings. The van der Waals surface area contributed by atoms with Crippen molar-refractivity contribution in [3.8, 4) is 0 Å². The van der Waals surface area contributed by atoms with Gasteiger partial charge in [-0.05, 0) is 27.7 Å². The van der Waals surface area contributed by atoms with E-state index in [2.05, 4.69) is 25.9 Å². The topological polar surface area (TPSA) is 112 Å². The van der Waals surface area contributed by atoms with Gasteiger partial charge in [-0.2, -0.15) is 15.3 Å². The van der Waals surface area contributed by atoms with Gasteiger partial charge in [0.25, 0.3) is 11.8 Å². The van der Waals surface area contributed by atoms with E-state index in [0.717, 1.165) is 22.5 Å². The fourth-order valence-corrected chi connectivity index (χ4v) is 3.57. The number of nitrogens with zero attached hydrogens (tertiary/aromatic N) is 6. The lowest BCUT2D eigenvalue weighted by molar-refractivity contribution is 0.0924. The van der Waals surface area contributed by atoms with Gasteiger partial charge in [0.15, 0.2) is 5.69 Å². The molecule has 0 bridgehead atoms. The summed E-state index contributed by atoms with van der Waals surface area (Å²) in [7, 11) is 5.31. The molecule has 0 fully saturated rings. The Bertz CT molecular complexity index is 1090. The average Bonchev–Trinajstić information content (AvgIpc) is 3.31. The van der Waals surface area contributed by atoms with E-state index in [0.29, 0.717) is 5.69 Å². The maximum Gasteiger partial charge on any atom is 0.272 e. The lowest BCUT2D eigenvalue weighted by atomic mass is 10.1. The summed E-state index contributed by atoms with van der Waals surface area (Å²) in [6.45, 7) is 7.57. The van der Waals surface area contributed by atoms with Crippen LogP contribution in [-0.4, -0.2) is 41.2 Å². The Balaban J connectivity index is 1.71. The van der Waals surface area contributed by atoms with Gasteiger partial charge in [-0.3, -0.25) is 23.6 Å². The Hall–Kier alpha value is -3.43. The minimum Gasteiger partial charge on any atom is -0.344 e. The number of aromatic nitrogens is 6. The number of hydrogen-bond acceptors (Lipinski definition) is 5. The number of carbonyl (C=O) groups excluding carboxylic acids is 2. The highest BCUT2D eigenvalue weighted by molar-refractivity contribution is 5.98. The predicted molar refractivity (Wildman–Crippen MR) is 111 cm³/mol. The molecule has 160 valence electrons. The second kappa shape index (κ2) is 8.13. The molecule has 2 N–H and O–H groups in total. The van der Waals surface area contributed by atoms with Crippen molar-refractivity contribution in [1.82, 2.24) is 40.0 Å². The summed E-state index contributed by atoms with van der Waals surface area (Å²) in [5, 5.41) is 18.7. The standard InChI is InChI=1S/C20H28N8O2/c1-11(15-9-26(5)23-13(15)3)21-19(29)17-8-18(28(7)25-17)20(30)22-12(2)16-10-27(6)24-14(16)4/h8-12H,1-7H3,(H,21,29)(H,22,30)/t11-,12-/m0/s1. The van der Waals surface area contributed by atoms with Gasteiger partial charge in [0.05, 0.1) is 23.5 Å². The molecule has 0 aliphatic carbocycles. The molecule has 2 atom stereocenters. The number of amides is 2. The van der Waals surface area contributed by atoms with Crippen LogP contribution in [0.2, 0.25) is 0 Å². The van der Waals surface area contributed by atoms with E-state index in [4.69, 9.17) is 0 Å². The molecule has 3 aromatic rings. The predicted octanol–water partition coefficient (Wildman–Crippen LogP) is 1.49. The summed E-state index contributed by atoms with van der Waals surface area (Å²) in [6, 6.07) is 1.03. The summed E-state index contributed by atoms with van der Waals surface area (Å²) in [6.07, 6.45) is 3.75. The zero-order valence-electron chi connectivity index (χ0n) is 18.4. The average molecular weight is 412 g/mol. The molecule has 3 rings (SSSR count). The smallest absolute Gasteiger partial charge is 0.272 e. The van der Waals surface area contributed by atoms with Crippen molar-refractivity contribution in [2.75, 3.05) is 0 Å². The highest BCUT2D eigenvalue weighted by atomic mass is 16.2. The quantitative estimate of drug-likeness (QED) is 0.637. The van der Waals surface area contributed by atoms with E-state index < -0.39 is 0 Å². The molecule has 10 nitrogen and oxygen atoms in total. The lowest BCUT2D eigenvalue weighted by Crippen LogP contribution is -2.28. The van der Waals surface area contributed by atoms with Crippen LogP contribution >= 0.6 is 0 Å². The monoisotopic (exact) mass is 412 g/mol. The third-order valence-electron chi connectivity index (χ3n) is 5.08. The molecule has 0 aromatic carbocycles. The zero-order valence-corrected chi connectivity index (χ0v) is 18.4. The van der Waals surface area contributed by atoms with Crippen LogP contribution in [0.15, 0.2) is 18.5 Å². The van der Waals surface area contributed by atoms with Gasteiger partial charge in [-0.1, -0.05) is 0 Å². The van der Waals surface area contributed by atoms with Gasteiger partial charge < -0.3 is 10.6 Å². The van der Waals surface area contributed by atoms with Crippen molar-refractivity contribution in [2.24, 2.45) is 21.1 Å². The Morgan fingerprint density at radius 2 is 1.30 bits per heavy atom. The van der Waals surface area contributed by atoms with Gasteiger partial charge in [0, 0.05) is 50.7 Å². The molecule has 10 heteroatoms. The Labute approximate surface area is 175 Å². The van der Waals surface area contributed by atoms with Crippen LogP contribution in [0.5, 0.6) is 0 Å². The minimum absolute atomic E-state index is 0.182. The molecule has 3 aromatic heterocycles. The van der Waals surface area contributed by atoms with Crippen LogP contribution in [0, 0.1) is 13.8 Å². The van der Waals surface area contributed by atoms with Crippen molar-refractivity contribution >= 4 is 11.8 Å². The Kier molecular flexibility index (Phi) is 5.77. The van der Waals surface area contributed by atoms with Crippen molar-refractivity contribution in [3.63, 3.8) is 0 Å². The normalized spacial score (nSPS) is 13.2. The fraction of sp³-hybridized carbons (Fsp3) is 0.450. The second-order valence-electron chi connectivity index (χ2n) is 7.62. The zero-order chi connectivity index (χ0) is 22.2. The van der Waals surface area contributed by atoms with Crippen molar-refractivity contribution in [3.05, 3.63) is 52.4 Å². The Morgan fingerprint density at radius 3 is 1.73 bits per heavy atom. The lowest BCUT2D eigenvalue weighted by Gasteiger charge is -2.13. The number of aryl methyl sites for hydroxylation is 5. The van der Waals surface area contributed by atoms with E-state index in [9.17, 15) is 9.59 Å². The molecular formula is C20H28N8O2. The van der Waals surface area contributed by atoms with E-state index >= 15 is 0 Å². The van der Waals surface area contributed by atoms with Crippen LogP contribution in [0.3, 0.4) is 0 Å². The van der Waals surface area contributed by atoms with Gasteiger partial charge in [0.2, 0.25) is 0 Å². The molecule has 30 heavy (non-hydrogen) atoms. The summed E-state index contributed by atoms with van der Waals surface area (Å²) >= 11 is 0. The third-order valence-corrected chi connectivity index (χ3v) is 5.08. The van der Waals surface area contributed by atoms with Crippen molar-refractivity contribution < 1.29 is 9.59 Å². The van der Waals surface area contributed by atoms with Crippen LogP contribution in [0.1, 0.15) is 69.4 Å². The number of hydrogen-bond donors (Lipinski definition) is 2. The summed E-state index contributed by atoms with van der Waals surface area (Å²) < 4.78 is 4.83. The molecule has 3 heterocycles. The SMILES string of the molecule is Cc1nn(C)cc1[C@H](C)NC(=O)c1cc(C(=O)N[C@@H](C)c2cn(C)nc2C)n(C)n1. The van der Waals surface area contributed by atoms with Crippen molar-refractivity contribution in [1.29, 1.82) is 0 Å². The molecule has 2 amide bonds. The third kappa shape index (κ3) is 4.27. The number of rotatable bonds is 6. The Morgan fingerprint density at radius 1 is 0.833 bits per heavy atom. The molecule has 0 aliphatic heterocycles. The first kappa shape index (κ1) is 21.3. The number of nitrogens with one attached hydrogen (secondary N) is 2. The van der Waals surface area contributed by atoms with E-state index in [-0.39, 0.29) is 29.6 Å². The fourth-order valence-electron chi connectivity index (χ4n) is 3.57. The van der Waals surface area contributed by atoms with Crippen LogP contribution in [0.25, 0.3) is 0 Å². The minimum atomic E-state index is -0.350. The van der Waals surface area contributed by atoms with Crippen molar-refractivity contribution in [2.45, 2.75) is 39.8 Å². The first-order valence-corrected chi connectivity index (χ1v) is 9.72. The van der Waals surface area contributed by atoms with Gasteiger partial charge in [-0.25, -0.2) is 0 Å².